The Morgan fingerprint density at radius 2 is 1.71 bits per heavy atom. The lowest BCUT2D eigenvalue weighted by atomic mass is 9.67. The lowest BCUT2D eigenvalue weighted by molar-refractivity contribution is -0.156. The van der Waals surface area contributed by atoms with E-state index >= 15 is 0 Å². The van der Waals surface area contributed by atoms with Gasteiger partial charge in [-0.3, -0.25) is 14.4 Å². The molecule has 0 radical (unpaired) electrons. The second-order valence-electron chi connectivity index (χ2n) is 7.47. The van der Waals surface area contributed by atoms with E-state index in [-0.39, 0.29) is 36.9 Å². The van der Waals surface area contributed by atoms with E-state index in [2.05, 4.69) is 10.1 Å². The molecule has 3 rings (SSSR count). The van der Waals surface area contributed by atoms with E-state index in [0.29, 0.717) is 24.2 Å². The molecule has 0 aliphatic heterocycles. The predicted molar refractivity (Wildman–Crippen MR) is 99.1 cm³/mol. The molecule has 7 heteroatoms. The third-order valence-corrected chi connectivity index (χ3v) is 5.59. The van der Waals surface area contributed by atoms with E-state index in [0.717, 1.165) is 24.8 Å². The fourth-order valence-corrected chi connectivity index (χ4v) is 4.05. The third-order valence-electron chi connectivity index (χ3n) is 5.59. The van der Waals surface area contributed by atoms with Crippen LogP contribution in [0.4, 0.5) is 0 Å². The molecular formula is C21H25NO6. The van der Waals surface area contributed by atoms with Crippen molar-refractivity contribution in [2.24, 2.45) is 17.8 Å². The first kappa shape index (κ1) is 20.0. The summed E-state index contributed by atoms with van der Waals surface area (Å²) in [6, 6.07) is 6.68. The molecule has 0 aromatic heterocycles. The van der Waals surface area contributed by atoms with Gasteiger partial charge in [-0.2, -0.15) is 0 Å². The first-order chi connectivity index (χ1) is 13.5. The molecule has 0 spiro atoms. The van der Waals surface area contributed by atoms with Crippen LogP contribution in [0.15, 0.2) is 24.3 Å². The Hall–Kier alpha value is -2.70. The minimum Gasteiger partial charge on any atom is -0.465 e. The van der Waals surface area contributed by atoms with Crippen LogP contribution in [0.1, 0.15) is 48.0 Å². The summed E-state index contributed by atoms with van der Waals surface area (Å²) in [7, 11) is 1.31. The molecule has 2 saturated carbocycles. The van der Waals surface area contributed by atoms with Gasteiger partial charge in [0.05, 0.1) is 18.6 Å². The second kappa shape index (κ2) is 8.99. The summed E-state index contributed by atoms with van der Waals surface area (Å²) in [6.07, 6.45) is 3.85. The number of hydrogen-bond donors (Lipinski definition) is 1. The number of amides is 1. The van der Waals surface area contributed by atoms with E-state index in [1.54, 1.807) is 24.3 Å². The maximum atomic E-state index is 12.3. The molecular weight excluding hydrogens is 362 g/mol. The fourth-order valence-electron chi connectivity index (χ4n) is 4.05. The molecule has 7 nitrogen and oxygen atoms in total. The number of hydrogen-bond acceptors (Lipinski definition) is 6. The number of rotatable bonds is 6. The van der Waals surface area contributed by atoms with Crippen molar-refractivity contribution in [2.45, 2.75) is 38.6 Å². The summed E-state index contributed by atoms with van der Waals surface area (Å²) in [5.74, 6) is -1.23. The summed E-state index contributed by atoms with van der Waals surface area (Å²) < 4.78 is 9.81. The number of methoxy groups -OCH3 is 1. The van der Waals surface area contributed by atoms with Gasteiger partial charge in [0.15, 0.2) is 6.61 Å². The maximum Gasteiger partial charge on any atom is 0.337 e. The van der Waals surface area contributed by atoms with Crippen LogP contribution < -0.4 is 5.32 Å². The average molecular weight is 387 g/mol. The molecule has 0 heterocycles. The number of esters is 2. The lowest BCUT2D eigenvalue weighted by Gasteiger charge is -2.36. The monoisotopic (exact) mass is 387 g/mol. The zero-order valence-corrected chi connectivity index (χ0v) is 15.9. The molecule has 1 N–H and O–H groups in total. The number of Topliss-reactive ketones (excluding diaryl/α,β-unsaturated/α-hetero) is 1. The van der Waals surface area contributed by atoms with Gasteiger partial charge in [0.25, 0.3) is 5.91 Å². The van der Waals surface area contributed by atoms with Crippen LogP contribution in [0.2, 0.25) is 0 Å². The molecule has 1 aromatic carbocycles. The van der Waals surface area contributed by atoms with Gasteiger partial charge < -0.3 is 14.8 Å². The summed E-state index contributed by atoms with van der Waals surface area (Å²) in [4.78, 5) is 47.7. The summed E-state index contributed by atoms with van der Waals surface area (Å²) in [5, 5.41) is 2.68. The molecule has 1 amide bonds. The Labute approximate surface area is 163 Å². The van der Waals surface area contributed by atoms with Crippen molar-refractivity contribution >= 4 is 23.6 Å². The minimum absolute atomic E-state index is 0.0214. The molecule has 150 valence electrons. The van der Waals surface area contributed by atoms with E-state index in [1.807, 2.05) is 0 Å². The molecule has 1 aromatic rings. The van der Waals surface area contributed by atoms with Crippen LogP contribution in [0.3, 0.4) is 0 Å². The Bertz CT molecular complexity index is 741. The smallest absolute Gasteiger partial charge is 0.337 e. The number of carbonyl (C=O) groups is 4. The summed E-state index contributed by atoms with van der Waals surface area (Å²) >= 11 is 0. The van der Waals surface area contributed by atoms with Crippen molar-refractivity contribution in [1.29, 1.82) is 0 Å². The summed E-state index contributed by atoms with van der Waals surface area (Å²) in [5.41, 5.74) is 1.24. The zero-order valence-electron chi connectivity index (χ0n) is 15.9. The average Bonchev–Trinajstić information content (AvgIpc) is 2.70. The molecule has 2 aliphatic carbocycles. The standard InChI is InChI=1S/C21H25NO6/c1-27-20(25)14-7-5-13(6-8-14)11-22-18(23)12-28-21(26)17-9-15-3-2-4-16(10-17)19(15)24/h5-8,15-17H,2-4,9-12H2,1H3,(H,22,23)/t15-,16+,17?. The largest absolute Gasteiger partial charge is 0.465 e. The highest BCUT2D eigenvalue weighted by Gasteiger charge is 2.41. The third kappa shape index (κ3) is 4.77. The number of fused-ring (bicyclic) bond motifs is 2. The highest BCUT2D eigenvalue weighted by molar-refractivity contribution is 5.89. The Morgan fingerprint density at radius 3 is 2.32 bits per heavy atom. The number of nitrogens with one attached hydrogen (secondary N) is 1. The first-order valence-electron chi connectivity index (χ1n) is 9.62. The van der Waals surface area contributed by atoms with E-state index in [4.69, 9.17) is 4.74 Å². The number of ether oxygens (including phenoxy) is 2. The van der Waals surface area contributed by atoms with E-state index < -0.39 is 11.9 Å². The molecule has 2 aliphatic rings. The first-order valence-corrected chi connectivity index (χ1v) is 9.62. The molecule has 1 unspecified atom stereocenters. The minimum atomic E-state index is -0.420. The molecule has 0 saturated heterocycles. The van der Waals surface area contributed by atoms with E-state index in [9.17, 15) is 19.2 Å². The molecule has 28 heavy (non-hydrogen) atoms. The van der Waals surface area contributed by atoms with Gasteiger partial charge in [-0.25, -0.2) is 4.79 Å². The second-order valence-corrected chi connectivity index (χ2v) is 7.47. The molecule has 2 bridgehead atoms. The van der Waals surface area contributed by atoms with Crippen molar-refractivity contribution in [2.75, 3.05) is 13.7 Å². The van der Waals surface area contributed by atoms with Crippen LogP contribution in [0.5, 0.6) is 0 Å². The van der Waals surface area contributed by atoms with E-state index in [1.165, 1.54) is 7.11 Å². The number of benzene rings is 1. The number of carbonyl (C=O) groups excluding carboxylic acids is 4. The van der Waals surface area contributed by atoms with Crippen LogP contribution >= 0.6 is 0 Å². The van der Waals surface area contributed by atoms with Crippen molar-refractivity contribution < 1.29 is 28.7 Å². The van der Waals surface area contributed by atoms with Crippen LogP contribution in [-0.2, 0) is 30.4 Å². The lowest BCUT2D eigenvalue weighted by Crippen LogP contribution is -2.40. The van der Waals surface area contributed by atoms with Gasteiger partial charge in [0.2, 0.25) is 0 Å². The van der Waals surface area contributed by atoms with Crippen molar-refractivity contribution in [3.63, 3.8) is 0 Å². The number of ketones is 1. The van der Waals surface area contributed by atoms with Gasteiger partial charge in [-0.1, -0.05) is 18.6 Å². The van der Waals surface area contributed by atoms with Crippen LogP contribution in [-0.4, -0.2) is 37.3 Å². The molecule has 3 atom stereocenters. The van der Waals surface area contributed by atoms with Crippen molar-refractivity contribution in [1.82, 2.24) is 5.32 Å². The van der Waals surface area contributed by atoms with Gasteiger partial charge in [-0.05, 0) is 43.4 Å². The van der Waals surface area contributed by atoms with Crippen LogP contribution in [0, 0.1) is 17.8 Å². The highest BCUT2D eigenvalue weighted by atomic mass is 16.5. The maximum absolute atomic E-state index is 12.3. The fraction of sp³-hybridized carbons (Fsp3) is 0.524. The van der Waals surface area contributed by atoms with Gasteiger partial charge >= 0.3 is 11.9 Å². The Balaban J connectivity index is 1.41. The van der Waals surface area contributed by atoms with Gasteiger partial charge in [0.1, 0.15) is 5.78 Å². The summed E-state index contributed by atoms with van der Waals surface area (Å²) in [6.45, 7) is -0.0707. The topological polar surface area (TPSA) is 98.8 Å². The Morgan fingerprint density at radius 1 is 1.07 bits per heavy atom. The Kier molecular flexibility index (Phi) is 6.44. The van der Waals surface area contributed by atoms with Gasteiger partial charge in [-0.15, -0.1) is 0 Å². The van der Waals surface area contributed by atoms with Crippen LogP contribution in [0.25, 0.3) is 0 Å². The zero-order chi connectivity index (χ0) is 20.1. The highest BCUT2D eigenvalue weighted by Crippen LogP contribution is 2.40. The quantitative estimate of drug-likeness (QED) is 0.750. The normalized spacial score (nSPS) is 23.6. The van der Waals surface area contributed by atoms with Crippen molar-refractivity contribution in [3.05, 3.63) is 35.4 Å². The van der Waals surface area contributed by atoms with Crippen molar-refractivity contribution in [3.8, 4) is 0 Å². The molecule has 2 fully saturated rings. The van der Waals surface area contributed by atoms with Gasteiger partial charge in [0, 0.05) is 18.4 Å². The predicted octanol–water partition coefficient (Wildman–Crippen LogP) is 2.03. The SMILES string of the molecule is COC(=O)c1ccc(CNC(=O)COC(=O)C2C[C@H]3CCC[C@@H](C2)C3=O)cc1.